The molecule has 1 aromatic carbocycles. The monoisotopic (exact) mass is 478 g/mol. The van der Waals surface area contributed by atoms with Crippen LogP contribution in [0.25, 0.3) is 11.3 Å². The largest absolute Gasteiger partial charge is 0.494 e. The van der Waals surface area contributed by atoms with Gasteiger partial charge in [-0.05, 0) is 75.4 Å². The number of nitriles is 1. The molecule has 0 spiro atoms. The molecule has 0 aliphatic heterocycles. The van der Waals surface area contributed by atoms with Crippen molar-refractivity contribution in [2.75, 3.05) is 11.9 Å². The minimum absolute atomic E-state index is 0.159. The molecule has 1 unspecified atom stereocenters. The number of fused-ring (bicyclic) bond motifs is 1. The minimum atomic E-state index is -0.411. The summed E-state index contributed by atoms with van der Waals surface area (Å²) < 4.78 is 5.48. The molecule has 4 rings (SSSR count). The van der Waals surface area contributed by atoms with Crippen molar-refractivity contribution in [3.05, 3.63) is 52.5 Å². The molecule has 1 aliphatic carbocycles. The lowest BCUT2D eigenvalue weighted by Gasteiger charge is -2.13. The molecule has 2 heterocycles. The lowest BCUT2D eigenvalue weighted by molar-refractivity contribution is -0.115. The van der Waals surface area contributed by atoms with Gasteiger partial charge in [-0.1, -0.05) is 18.2 Å². The van der Waals surface area contributed by atoms with Gasteiger partial charge in [0.1, 0.15) is 16.8 Å². The molecule has 0 radical (unpaired) electrons. The normalized spacial score (nSPS) is 14.0. The van der Waals surface area contributed by atoms with Gasteiger partial charge in [0, 0.05) is 16.6 Å². The number of aryl methyl sites for hydroxylation is 2. The summed E-state index contributed by atoms with van der Waals surface area (Å²) in [5.74, 6) is 0.659. The average Bonchev–Trinajstić information content (AvgIpc) is 3.16. The van der Waals surface area contributed by atoms with Gasteiger partial charge in [-0.25, -0.2) is 9.97 Å². The number of anilines is 1. The summed E-state index contributed by atoms with van der Waals surface area (Å²) in [5, 5.41) is 15.2. The Labute approximate surface area is 202 Å². The Balaban J connectivity index is 1.42. The van der Waals surface area contributed by atoms with Crippen molar-refractivity contribution in [3.63, 3.8) is 0 Å². The van der Waals surface area contributed by atoms with E-state index in [2.05, 4.69) is 16.4 Å². The van der Waals surface area contributed by atoms with Crippen LogP contribution in [0.3, 0.4) is 0 Å². The fraction of sp³-hybridized carbons (Fsp3) is 0.360. The molecule has 0 saturated carbocycles. The van der Waals surface area contributed by atoms with E-state index in [9.17, 15) is 10.1 Å². The predicted octanol–water partition coefficient (Wildman–Crippen LogP) is 5.86. The number of hydrogen-bond donors (Lipinski definition) is 1. The zero-order valence-electron chi connectivity index (χ0n) is 18.8. The van der Waals surface area contributed by atoms with Gasteiger partial charge in [-0.3, -0.25) is 4.79 Å². The van der Waals surface area contributed by atoms with E-state index in [0.29, 0.717) is 22.3 Å². The van der Waals surface area contributed by atoms with E-state index < -0.39 is 5.25 Å². The first kappa shape index (κ1) is 23.3. The number of aromatic nitrogens is 2. The Morgan fingerprint density at radius 3 is 2.79 bits per heavy atom. The maximum absolute atomic E-state index is 12.8. The average molecular weight is 479 g/mol. The second-order valence-corrected chi connectivity index (χ2v) is 10.1. The van der Waals surface area contributed by atoms with Gasteiger partial charge in [-0.2, -0.15) is 5.26 Å². The number of carbonyl (C=O) groups is 1. The molecule has 3 aromatic rings. The van der Waals surface area contributed by atoms with Gasteiger partial charge in [-0.15, -0.1) is 11.3 Å². The van der Waals surface area contributed by atoms with Crippen LogP contribution in [0, 0.1) is 11.3 Å². The number of pyridine rings is 1. The first-order valence-electron chi connectivity index (χ1n) is 11.2. The summed E-state index contributed by atoms with van der Waals surface area (Å²) >= 11 is 2.72. The molecule has 1 aliphatic rings. The molecule has 1 amide bonds. The number of rotatable bonds is 7. The number of hydrogen-bond acceptors (Lipinski definition) is 7. The first-order chi connectivity index (χ1) is 16.1. The van der Waals surface area contributed by atoms with Crippen LogP contribution in [0.2, 0.25) is 0 Å². The quantitative estimate of drug-likeness (QED) is 0.338. The summed E-state index contributed by atoms with van der Waals surface area (Å²) in [6, 6.07) is 12.0. The van der Waals surface area contributed by atoms with Crippen molar-refractivity contribution in [1.29, 1.82) is 5.26 Å². The van der Waals surface area contributed by atoms with Crippen molar-refractivity contribution in [2.24, 2.45) is 0 Å². The molecule has 170 valence electrons. The first-order valence-corrected chi connectivity index (χ1v) is 12.9. The lowest BCUT2D eigenvalue weighted by Crippen LogP contribution is -2.22. The highest BCUT2D eigenvalue weighted by molar-refractivity contribution is 8.00. The van der Waals surface area contributed by atoms with Gasteiger partial charge in [0.15, 0.2) is 5.13 Å². The van der Waals surface area contributed by atoms with E-state index in [4.69, 9.17) is 9.72 Å². The van der Waals surface area contributed by atoms with Crippen molar-refractivity contribution in [1.82, 2.24) is 9.97 Å². The molecule has 1 N–H and O–H groups in total. The van der Waals surface area contributed by atoms with E-state index >= 15 is 0 Å². The van der Waals surface area contributed by atoms with Crippen LogP contribution >= 0.6 is 23.1 Å². The van der Waals surface area contributed by atoms with Crippen LogP contribution in [0.4, 0.5) is 5.13 Å². The Kier molecular flexibility index (Phi) is 7.63. The van der Waals surface area contributed by atoms with Crippen LogP contribution < -0.4 is 10.1 Å². The molecule has 2 aromatic heterocycles. The smallest absolute Gasteiger partial charge is 0.239 e. The zero-order chi connectivity index (χ0) is 23.2. The maximum atomic E-state index is 12.8. The summed E-state index contributed by atoms with van der Waals surface area (Å²) in [6.07, 6.45) is 5.34. The summed E-state index contributed by atoms with van der Waals surface area (Å²) in [7, 11) is 0. The van der Waals surface area contributed by atoms with Gasteiger partial charge in [0.2, 0.25) is 5.91 Å². The van der Waals surface area contributed by atoms with Crippen molar-refractivity contribution in [3.8, 4) is 23.1 Å². The number of carbonyl (C=O) groups excluding carboxylic acids is 1. The third-order valence-electron chi connectivity index (χ3n) is 5.49. The van der Waals surface area contributed by atoms with Crippen molar-refractivity contribution < 1.29 is 9.53 Å². The minimum Gasteiger partial charge on any atom is -0.494 e. The Bertz CT molecular complexity index is 1170. The van der Waals surface area contributed by atoms with Crippen LogP contribution in [0.1, 0.15) is 49.9 Å². The molecule has 0 bridgehead atoms. The fourth-order valence-electron chi connectivity index (χ4n) is 3.74. The van der Waals surface area contributed by atoms with Gasteiger partial charge >= 0.3 is 0 Å². The Morgan fingerprint density at radius 2 is 2.03 bits per heavy atom. The van der Waals surface area contributed by atoms with Crippen LogP contribution in [-0.4, -0.2) is 27.7 Å². The van der Waals surface area contributed by atoms with Crippen LogP contribution in [-0.2, 0) is 17.6 Å². The third-order valence-corrected chi connectivity index (χ3v) is 7.35. The number of nitrogens with one attached hydrogen (secondary N) is 1. The standard InChI is InChI=1S/C25H26N4O2S2/c1-3-31-20-11-9-17(10-12-20)22-15-32-25(28-22)29-23(30)16(2)33-24-19(14-26)13-18-7-5-4-6-8-21(18)27-24/h9-13,15-16H,3-8H2,1-2H3,(H,28,29,30). The molecular weight excluding hydrogens is 452 g/mol. The number of ether oxygens (including phenoxy) is 1. The second kappa shape index (κ2) is 10.8. The van der Waals surface area contributed by atoms with E-state index in [1.165, 1.54) is 35.1 Å². The maximum Gasteiger partial charge on any atom is 0.239 e. The summed E-state index contributed by atoms with van der Waals surface area (Å²) in [6.45, 7) is 4.40. The summed E-state index contributed by atoms with van der Waals surface area (Å²) in [5.41, 5.74) is 4.56. The van der Waals surface area contributed by atoms with Crippen molar-refractivity contribution >= 4 is 34.1 Å². The highest BCUT2D eigenvalue weighted by atomic mass is 32.2. The Morgan fingerprint density at radius 1 is 1.24 bits per heavy atom. The number of thioether (sulfide) groups is 1. The SMILES string of the molecule is CCOc1ccc(-c2csc(NC(=O)C(C)Sc3nc4c(cc3C#N)CCCCC4)n2)cc1. The third kappa shape index (κ3) is 5.73. The van der Waals surface area contributed by atoms with Crippen LogP contribution in [0.5, 0.6) is 5.75 Å². The second-order valence-electron chi connectivity index (χ2n) is 7.86. The highest BCUT2D eigenvalue weighted by Gasteiger charge is 2.21. The topological polar surface area (TPSA) is 87.9 Å². The predicted molar refractivity (Wildman–Crippen MR) is 133 cm³/mol. The van der Waals surface area contributed by atoms with Gasteiger partial charge in [0.25, 0.3) is 0 Å². The Hall–Kier alpha value is -2.89. The molecular formula is C25H26N4O2S2. The molecule has 0 saturated heterocycles. The highest BCUT2D eigenvalue weighted by Crippen LogP contribution is 2.31. The van der Waals surface area contributed by atoms with E-state index in [-0.39, 0.29) is 5.91 Å². The lowest BCUT2D eigenvalue weighted by atomic mass is 10.1. The fourth-order valence-corrected chi connectivity index (χ4v) is 5.36. The molecule has 33 heavy (non-hydrogen) atoms. The molecule has 6 nitrogen and oxygen atoms in total. The van der Waals surface area contributed by atoms with Crippen LogP contribution in [0.15, 0.2) is 40.7 Å². The number of amides is 1. The van der Waals surface area contributed by atoms with E-state index in [1.54, 1.807) is 0 Å². The molecule has 0 fully saturated rings. The molecule has 8 heteroatoms. The zero-order valence-corrected chi connectivity index (χ0v) is 20.4. The van der Waals surface area contributed by atoms with Crippen molar-refractivity contribution in [2.45, 2.75) is 56.2 Å². The number of thiazole rings is 1. The number of nitrogens with zero attached hydrogens (tertiary/aromatic N) is 3. The van der Waals surface area contributed by atoms with E-state index in [0.717, 1.165) is 48.4 Å². The molecule has 1 atom stereocenters. The van der Waals surface area contributed by atoms with Gasteiger partial charge in [0.05, 0.1) is 23.1 Å². The van der Waals surface area contributed by atoms with Gasteiger partial charge < -0.3 is 10.1 Å². The number of benzene rings is 1. The summed E-state index contributed by atoms with van der Waals surface area (Å²) in [4.78, 5) is 22.2. The van der Waals surface area contributed by atoms with E-state index in [1.807, 2.05) is 49.6 Å².